The Morgan fingerprint density at radius 3 is 2.42 bits per heavy atom. The molecule has 0 aliphatic heterocycles. The summed E-state index contributed by atoms with van der Waals surface area (Å²) in [5.41, 5.74) is 13.5. The molecule has 0 aromatic heterocycles. The van der Waals surface area contributed by atoms with Gasteiger partial charge in [-0.25, -0.2) is 0 Å². The molecule has 0 spiro atoms. The molecule has 196 valence electrons. The molecule has 0 saturated heterocycles. The maximum Gasteiger partial charge on any atom is 0.0707 e. The first kappa shape index (κ1) is 27.6. The number of hydrogen-bond donors (Lipinski definition) is 0. The van der Waals surface area contributed by atoms with Gasteiger partial charge in [-0.1, -0.05) is 112 Å². The Morgan fingerprint density at radius 1 is 1.08 bits per heavy atom. The van der Waals surface area contributed by atoms with E-state index < -0.39 is 0 Å². The van der Waals surface area contributed by atoms with Gasteiger partial charge < -0.3 is 0 Å². The molecule has 0 bridgehead atoms. The van der Waals surface area contributed by atoms with Gasteiger partial charge in [0.1, 0.15) is 0 Å². The van der Waals surface area contributed by atoms with Crippen LogP contribution in [0.25, 0.3) is 11.1 Å². The smallest absolute Gasteiger partial charge is 0.0707 e. The van der Waals surface area contributed by atoms with Crippen molar-refractivity contribution in [3.05, 3.63) is 142 Å². The quantitative estimate of drug-likeness (QED) is 0.300. The lowest BCUT2D eigenvalue weighted by atomic mass is 9.65. The summed E-state index contributed by atoms with van der Waals surface area (Å²) in [7, 11) is 0. The van der Waals surface area contributed by atoms with Gasteiger partial charge in [-0.05, 0) is 114 Å². The predicted molar refractivity (Wildman–Crippen MR) is 168 cm³/mol. The highest BCUT2D eigenvalue weighted by atomic mass is 14.5. The Bertz CT molecular complexity index is 1370. The van der Waals surface area contributed by atoms with Crippen molar-refractivity contribution in [3.63, 3.8) is 0 Å². The largest absolute Gasteiger partial charge is 0.0991 e. The minimum Gasteiger partial charge on any atom is -0.0991 e. The van der Waals surface area contributed by atoms with Gasteiger partial charge in [-0.2, -0.15) is 0 Å². The van der Waals surface area contributed by atoms with Crippen LogP contribution in [0.2, 0.25) is 0 Å². The van der Waals surface area contributed by atoms with E-state index in [1.165, 1.54) is 55.7 Å². The molecule has 2 atom stereocenters. The first-order chi connectivity index (χ1) is 18.5. The van der Waals surface area contributed by atoms with E-state index in [1.54, 1.807) is 0 Å². The molecule has 0 heteroatoms. The second-order valence-corrected chi connectivity index (χ2v) is 10.6. The van der Waals surface area contributed by atoms with Crippen LogP contribution in [-0.2, 0) is 5.41 Å². The number of rotatable bonds is 9. The fourth-order valence-corrected chi connectivity index (χ4v) is 6.56. The van der Waals surface area contributed by atoms with E-state index in [1.807, 2.05) is 6.08 Å². The molecule has 2 aliphatic rings. The second kappa shape index (κ2) is 12.0. The molecule has 2 unspecified atom stereocenters. The van der Waals surface area contributed by atoms with Gasteiger partial charge in [0, 0.05) is 0 Å². The highest BCUT2D eigenvalue weighted by Gasteiger charge is 2.47. The second-order valence-electron chi connectivity index (χ2n) is 10.6. The lowest BCUT2D eigenvalue weighted by Gasteiger charge is -2.37. The molecule has 38 heavy (non-hydrogen) atoms. The van der Waals surface area contributed by atoms with Gasteiger partial charge in [0.25, 0.3) is 0 Å². The normalized spacial score (nSPS) is 20.6. The highest BCUT2D eigenvalue weighted by molar-refractivity contribution is 5.91. The van der Waals surface area contributed by atoms with Crippen LogP contribution >= 0.6 is 0 Å². The van der Waals surface area contributed by atoms with Crippen LogP contribution in [0.5, 0.6) is 0 Å². The van der Waals surface area contributed by atoms with E-state index in [0.29, 0.717) is 5.92 Å². The fourth-order valence-electron chi connectivity index (χ4n) is 6.56. The monoisotopic (exact) mass is 500 g/mol. The van der Waals surface area contributed by atoms with Crippen LogP contribution in [0, 0.1) is 12.8 Å². The summed E-state index contributed by atoms with van der Waals surface area (Å²) in [6.45, 7) is 17.6. The molecule has 0 heterocycles. The van der Waals surface area contributed by atoms with E-state index >= 15 is 0 Å². The van der Waals surface area contributed by atoms with Crippen LogP contribution < -0.4 is 0 Å². The van der Waals surface area contributed by atoms with E-state index in [0.717, 1.165) is 25.7 Å². The molecule has 0 radical (unpaired) electrons. The molecule has 2 aliphatic carbocycles. The average Bonchev–Trinajstić information content (AvgIpc) is 3.22. The first-order valence-electron chi connectivity index (χ1n) is 14.4. The van der Waals surface area contributed by atoms with Crippen LogP contribution in [0.4, 0.5) is 0 Å². The molecule has 0 fully saturated rings. The van der Waals surface area contributed by atoms with Gasteiger partial charge >= 0.3 is 0 Å². The lowest BCUT2D eigenvalue weighted by molar-refractivity contribution is 0.674. The van der Waals surface area contributed by atoms with Gasteiger partial charge in [-0.15, -0.1) is 0 Å². The number of hydrogen-bond acceptors (Lipinski definition) is 0. The SMILES string of the molecule is C=C/C=C(\C(=C/C)c1cc2c(cc1C)C(C1=CCCC=C1)(c1ccccc1)C(/C=C\C)=C2CC)C(C)CC. The Hall–Kier alpha value is -3.38. The van der Waals surface area contributed by atoms with Crippen molar-refractivity contribution >= 4 is 11.1 Å². The van der Waals surface area contributed by atoms with Crippen LogP contribution in [0.1, 0.15) is 88.1 Å². The minimum absolute atomic E-state index is 0.304. The summed E-state index contributed by atoms with van der Waals surface area (Å²) >= 11 is 0. The van der Waals surface area contributed by atoms with Crippen molar-refractivity contribution in [2.45, 2.75) is 72.6 Å². The zero-order chi connectivity index (χ0) is 27.3. The molecular formula is C38H44. The maximum atomic E-state index is 4.04. The Kier molecular flexibility index (Phi) is 8.72. The molecule has 0 amide bonds. The number of allylic oxidation sites excluding steroid dienone is 13. The third-order valence-electron chi connectivity index (χ3n) is 8.48. The van der Waals surface area contributed by atoms with Gasteiger partial charge in [0.2, 0.25) is 0 Å². The van der Waals surface area contributed by atoms with Crippen LogP contribution in [0.3, 0.4) is 0 Å². The number of benzene rings is 2. The molecule has 2 aromatic rings. The maximum absolute atomic E-state index is 4.04. The van der Waals surface area contributed by atoms with Crippen molar-refractivity contribution in [2.75, 3.05) is 0 Å². The molecular weight excluding hydrogens is 456 g/mol. The van der Waals surface area contributed by atoms with Gasteiger partial charge in [0.05, 0.1) is 5.41 Å². The Balaban J connectivity index is 2.10. The van der Waals surface area contributed by atoms with Gasteiger partial charge in [0.15, 0.2) is 0 Å². The van der Waals surface area contributed by atoms with Crippen molar-refractivity contribution in [1.29, 1.82) is 0 Å². The van der Waals surface area contributed by atoms with Crippen molar-refractivity contribution in [1.82, 2.24) is 0 Å². The summed E-state index contributed by atoms with van der Waals surface area (Å²) in [4.78, 5) is 0. The van der Waals surface area contributed by atoms with Crippen molar-refractivity contribution < 1.29 is 0 Å². The third kappa shape index (κ3) is 4.55. The fraction of sp³-hybridized carbons (Fsp3) is 0.316. The topological polar surface area (TPSA) is 0 Å². The molecule has 2 aromatic carbocycles. The predicted octanol–water partition coefficient (Wildman–Crippen LogP) is 10.9. The zero-order valence-electron chi connectivity index (χ0n) is 24.3. The summed E-state index contributed by atoms with van der Waals surface area (Å²) in [6.07, 6.45) is 22.6. The summed E-state index contributed by atoms with van der Waals surface area (Å²) in [5, 5.41) is 0. The van der Waals surface area contributed by atoms with Crippen LogP contribution in [0.15, 0.2) is 114 Å². The summed E-state index contributed by atoms with van der Waals surface area (Å²) in [6, 6.07) is 16.2. The van der Waals surface area contributed by atoms with Gasteiger partial charge in [-0.3, -0.25) is 0 Å². The molecule has 0 saturated carbocycles. The standard InChI is InChI=1S/C38H44/c1-8-19-33(27(6)10-3)31(11-4)34-26-35-32(12-5)36(20-9-2)38(37(35)25-28(34)7,29-21-15-13-16-22-29)30-23-17-14-18-24-30/h8-9,11,13,15-17,19-27H,1,10,12,14,18H2,2-7H3/b20-9-,31-11+,33-19-. The summed E-state index contributed by atoms with van der Waals surface area (Å²) in [5.74, 6) is 0.465. The molecule has 0 nitrogen and oxygen atoms in total. The van der Waals surface area contributed by atoms with E-state index in [4.69, 9.17) is 0 Å². The van der Waals surface area contributed by atoms with E-state index in [2.05, 4.69) is 133 Å². The van der Waals surface area contributed by atoms with Crippen molar-refractivity contribution in [3.8, 4) is 0 Å². The molecule has 0 N–H and O–H groups in total. The Morgan fingerprint density at radius 2 is 1.84 bits per heavy atom. The highest BCUT2D eigenvalue weighted by Crippen LogP contribution is 2.57. The third-order valence-corrected chi connectivity index (χ3v) is 8.48. The first-order valence-corrected chi connectivity index (χ1v) is 14.4. The number of fused-ring (bicyclic) bond motifs is 1. The zero-order valence-corrected chi connectivity index (χ0v) is 24.3. The summed E-state index contributed by atoms with van der Waals surface area (Å²) < 4.78 is 0. The van der Waals surface area contributed by atoms with E-state index in [9.17, 15) is 0 Å². The lowest BCUT2D eigenvalue weighted by Crippen LogP contribution is -2.30. The minimum atomic E-state index is -0.304. The Labute approximate surface area is 231 Å². The van der Waals surface area contributed by atoms with Crippen molar-refractivity contribution in [2.24, 2.45) is 5.92 Å². The average molecular weight is 501 g/mol. The molecule has 4 rings (SSSR count). The van der Waals surface area contributed by atoms with E-state index in [-0.39, 0.29) is 5.41 Å². The number of aryl methyl sites for hydroxylation is 1. The van der Waals surface area contributed by atoms with Crippen LogP contribution in [-0.4, -0.2) is 0 Å².